The van der Waals surface area contributed by atoms with Gasteiger partial charge < -0.3 is 5.32 Å². The number of nitrogens with zero attached hydrogens (tertiary/aromatic N) is 1. The van der Waals surface area contributed by atoms with Crippen LogP contribution in [0.4, 0.5) is 0 Å². The summed E-state index contributed by atoms with van der Waals surface area (Å²) in [5.74, 6) is -0.393. The molecule has 0 bridgehead atoms. The third kappa shape index (κ3) is 3.69. The van der Waals surface area contributed by atoms with Crippen molar-refractivity contribution in [3.63, 3.8) is 0 Å². The smallest absolute Gasteiger partial charge is 0.256 e. The zero-order chi connectivity index (χ0) is 12.8. The van der Waals surface area contributed by atoms with Gasteiger partial charge in [-0.15, -0.1) is 0 Å². The number of carbonyl (C=O) groups is 3. The van der Waals surface area contributed by atoms with Crippen LogP contribution in [0.25, 0.3) is 0 Å². The fraction of sp³-hybridized carbons (Fsp3) is 0.583. The van der Waals surface area contributed by atoms with Gasteiger partial charge >= 0.3 is 0 Å². The van der Waals surface area contributed by atoms with Crippen LogP contribution in [0.1, 0.15) is 32.6 Å². The van der Waals surface area contributed by atoms with Crippen LogP contribution in [0, 0.1) is 0 Å². The second kappa shape index (κ2) is 6.18. The normalized spacial score (nSPS) is 15.2. The van der Waals surface area contributed by atoms with Gasteiger partial charge in [-0.25, -0.2) is 0 Å². The van der Waals surface area contributed by atoms with Gasteiger partial charge in [-0.3, -0.25) is 19.3 Å². The van der Waals surface area contributed by atoms with E-state index in [1.807, 2.05) is 0 Å². The summed E-state index contributed by atoms with van der Waals surface area (Å²) in [6.07, 6.45) is 4.23. The lowest BCUT2D eigenvalue weighted by Crippen LogP contribution is -2.31. The van der Waals surface area contributed by atoms with Crippen LogP contribution in [-0.2, 0) is 14.4 Å². The van der Waals surface area contributed by atoms with Gasteiger partial charge in [0.1, 0.15) is 0 Å². The van der Waals surface area contributed by atoms with Crippen molar-refractivity contribution in [2.24, 2.45) is 0 Å². The third-order valence-corrected chi connectivity index (χ3v) is 2.75. The maximum atomic E-state index is 11.5. The summed E-state index contributed by atoms with van der Waals surface area (Å²) in [5, 5.41) is 2.55. The molecule has 0 aromatic rings. The highest BCUT2D eigenvalue weighted by Gasteiger charge is 2.27. The van der Waals surface area contributed by atoms with E-state index in [-0.39, 0.29) is 17.7 Å². The fourth-order valence-corrected chi connectivity index (χ4v) is 1.71. The highest BCUT2D eigenvalue weighted by molar-refractivity contribution is 6.15. The molecule has 1 rings (SSSR count). The van der Waals surface area contributed by atoms with Crippen molar-refractivity contribution in [1.82, 2.24) is 10.2 Å². The molecule has 1 N–H and O–H groups in total. The number of hydrogen-bond donors (Lipinski definition) is 1. The first kappa shape index (κ1) is 13.4. The van der Waals surface area contributed by atoms with Gasteiger partial charge in [0.15, 0.2) is 0 Å². The zero-order valence-corrected chi connectivity index (χ0v) is 10.3. The molecule has 94 valence electrons. The van der Waals surface area contributed by atoms with E-state index < -0.39 is 0 Å². The fourth-order valence-electron chi connectivity index (χ4n) is 1.71. The van der Waals surface area contributed by atoms with E-state index in [9.17, 15) is 14.4 Å². The first-order chi connectivity index (χ1) is 8.06. The lowest BCUT2D eigenvalue weighted by molar-refractivity contribution is -0.137. The van der Waals surface area contributed by atoms with Crippen molar-refractivity contribution in [1.29, 1.82) is 0 Å². The Kier molecular flexibility index (Phi) is 4.87. The van der Waals surface area contributed by atoms with Crippen LogP contribution in [0.15, 0.2) is 11.6 Å². The molecule has 3 amide bonds. The number of unbranched alkanes of at least 4 members (excludes halogenated alkanes) is 2. The molecule has 0 saturated carbocycles. The summed E-state index contributed by atoms with van der Waals surface area (Å²) >= 11 is 0. The topological polar surface area (TPSA) is 66.5 Å². The molecule has 0 atom stereocenters. The highest BCUT2D eigenvalue weighted by atomic mass is 16.2. The van der Waals surface area contributed by atoms with Crippen LogP contribution < -0.4 is 5.32 Å². The number of carbonyl (C=O) groups excluding carboxylic acids is 3. The Morgan fingerprint density at radius 3 is 2.53 bits per heavy atom. The second-order valence-electron chi connectivity index (χ2n) is 4.11. The Labute approximate surface area is 101 Å². The van der Waals surface area contributed by atoms with Crippen LogP contribution in [-0.4, -0.2) is 36.2 Å². The minimum atomic E-state index is -0.223. The number of hydrogen-bond acceptors (Lipinski definition) is 3. The van der Waals surface area contributed by atoms with Gasteiger partial charge in [-0.2, -0.15) is 0 Å². The van der Waals surface area contributed by atoms with E-state index in [1.165, 1.54) is 11.0 Å². The summed E-state index contributed by atoms with van der Waals surface area (Å²) in [6, 6.07) is 0. The molecular weight excluding hydrogens is 220 g/mol. The molecule has 5 nitrogen and oxygen atoms in total. The minimum absolute atomic E-state index is 0.0239. The standard InChI is InChI=1S/C12H18N2O3/c1-9-8-11(16)14(12(9)17)7-5-3-4-6-10(15)13-2/h8H,3-7H2,1-2H3,(H,13,15). The van der Waals surface area contributed by atoms with Crippen molar-refractivity contribution < 1.29 is 14.4 Å². The summed E-state index contributed by atoms with van der Waals surface area (Å²) in [4.78, 5) is 35.1. The molecule has 0 spiro atoms. The van der Waals surface area contributed by atoms with Gasteiger partial charge in [0.25, 0.3) is 11.8 Å². The lowest BCUT2D eigenvalue weighted by atomic mass is 10.2. The molecule has 0 fully saturated rings. The first-order valence-electron chi connectivity index (χ1n) is 5.81. The van der Waals surface area contributed by atoms with Crippen LogP contribution in [0.5, 0.6) is 0 Å². The van der Waals surface area contributed by atoms with Gasteiger partial charge in [0.2, 0.25) is 5.91 Å². The predicted molar refractivity (Wildman–Crippen MR) is 63.0 cm³/mol. The van der Waals surface area contributed by atoms with Gasteiger partial charge in [-0.05, 0) is 19.8 Å². The Morgan fingerprint density at radius 1 is 1.29 bits per heavy atom. The van der Waals surface area contributed by atoms with Crippen LogP contribution >= 0.6 is 0 Å². The summed E-state index contributed by atoms with van der Waals surface area (Å²) in [6.45, 7) is 2.09. The van der Waals surface area contributed by atoms with Gasteiger partial charge in [-0.1, -0.05) is 6.42 Å². The largest absolute Gasteiger partial charge is 0.359 e. The minimum Gasteiger partial charge on any atom is -0.359 e. The van der Waals surface area contributed by atoms with Crippen molar-refractivity contribution in [2.45, 2.75) is 32.6 Å². The molecule has 1 aliphatic rings. The van der Waals surface area contributed by atoms with E-state index in [2.05, 4.69) is 5.32 Å². The van der Waals surface area contributed by atoms with E-state index in [1.54, 1.807) is 14.0 Å². The average molecular weight is 238 g/mol. The van der Waals surface area contributed by atoms with E-state index in [4.69, 9.17) is 0 Å². The Hall–Kier alpha value is -1.65. The molecule has 0 aliphatic carbocycles. The van der Waals surface area contributed by atoms with Crippen molar-refractivity contribution in [2.75, 3.05) is 13.6 Å². The summed E-state index contributed by atoms with van der Waals surface area (Å²) in [5.41, 5.74) is 0.500. The number of amides is 3. The molecular formula is C12H18N2O3. The number of rotatable bonds is 6. The molecule has 0 saturated heterocycles. The summed E-state index contributed by atoms with van der Waals surface area (Å²) in [7, 11) is 1.61. The predicted octanol–water partition coefficient (Wildman–Crippen LogP) is 0.608. The second-order valence-corrected chi connectivity index (χ2v) is 4.11. The zero-order valence-electron chi connectivity index (χ0n) is 10.3. The quantitative estimate of drug-likeness (QED) is 0.544. The monoisotopic (exact) mass is 238 g/mol. The maximum Gasteiger partial charge on any atom is 0.256 e. The van der Waals surface area contributed by atoms with Gasteiger partial charge in [0.05, 0.1) is 0 Å². The van der Waals surface area contributed by atoms with Crippen LogP contribution in [0.2, 0.25) is 0 Å². The lowest BCUT2D eigenvalue weighted by Gasteiger charge is -2.13. The molecule has 0 aromatic heterocycles. The maximum absolute atomic E-state index is 11.5. The van der Waals surface area contributed by atoms with Crippen molar-refractivity contribution >= 4 is 17.7 Å². The molecule has 5 heteroatoms. The van der Waals surface area contributed by atoms with E-state index in [0.717, 1.165) is 19.3 Å². The first-order valence-corrected chi connectivity index (χ1v) is 5.81. The molecule has 17 heavy (non-hydrogen) atoms. The average Bonchev–Trinajstić information content (AvgIpc) is 2.54. The Morgan fingerprint density at radius 2 is 2.00 bits per heavy atom. The Balaban J connectivity index is 2.18. The Bertz CT molecular complexity index is 361. The van der Waals surface area contributed by atoms with Gasteiger partial charge in [0, 0.05) is 31.7 Å². The highest BCUT2D eigenvalue weighted by Crippen LogP contribution is 2.13. The molecule has 0 unspecified atom stereocenters. The SMILES string of the molecule is CNC(=O)CCCCCN1C(=O)C=C(C)C1=O. The van der Waals surface area contributed by atoms with Crippen molar-refractivity contribution in [3.05, 3.63) is 11.6 Å². The molecule has 0 radical (unpaired) electrons. The van der Waals surface area contributed by atoms with E-state index in [0.29, 0.717) is 18.5 Å². The number of nitrogens with one attached hydrogen (secondary N) is 1. The molecule has 1 heterocycles. The van der Waals surface area contributed by atoms with Crippen molar-refractivity contribution in [3.8, 4) is 0 Å². The molecule has 0 aromatic carbocycles. The summed E-state index contributed by atoms with van der Waals surface area (Å²) < 4.78 is 0. The molecule has 1 aliphatic heterocycles. The number of imide groups is 1. The van der Waals surface area contributed by atoms with E-state index >= 15 is 0 Å². The third-order valence-electron chi connectivity index (χ3n) is 2.75. The van der Waals surface area contributed by atoms with Crippen LogP contribution in [0.3, 0.4) is 0 Å².